The van der Waals surface area contributed by atoms with E-state index in [4.69, 9.17) is 50.1 Å². The molecule has 4 rings (SSSR count). The van der Waals surface area contributed by atoms with Crippen molar-refractivity contribution in [2.24, 2.45) is 5.73 Å². The van der Waals surface area contributed by atoms with Crippen LogP contribution in [0, 0.1) is 22.6 Å². The third-order valence-electron chi connectivity index (χ3n) is 5.60. The molecular formula is C23H20Cl2FN7O. The molecule has 174 valence electrons. The number of ether oxygens (including phenoxy) is 1. The van der Waals surface area contributed by atoms with Crippen molar-refractivity contribution >= 4 is 40.4 Å². The van der Waals surface area contributed by atoms with Gasteiger partial charge in [-0.1, -0.05) is 23.2 Å². The van der Waals surface area contributed by atoms with Crippen LogP contribution in [0.3, 0.4) is 0 Å². The Morgan fingerprint density at radius 2 is 2.03 bits per heavy atom. The summed E-state index contributed by atoms with van der Waals surface area (Å²) in [6.45, 7) is 0.827. The molecule has 0 aliphatic carbocycles. The summed E-state index contributed by atoms with van der Waals surface area (Å²) < 4.78 is 20.2. The molecule has 0 amide bonds. The summed E-state index contributed by atoms with van der Waals surface area (Å²) >= 11 is 12.2. The van der Waals surface area contributed by atoms with Crippen molar-refractivity contribution in [1.82, 2.24) is 9.97 Å². The number of nitrogens with one attached hydrogen (secondary N) is 1. The van der Waals surface area contributed by atoms with E-state index in [1.54, 1.807) is 18.3 Å². The number of aromatic nitrogens is 2. The fourth-order valence-electron chi connectivity index (χ4n) is 3.68. The Labute approximate surface area is 205 Å². The second-order valence-electron chi connectivity index (χ2n) is 7.70. The van der Waals surface area contributed by atoms with Gasteiger partial charge in [-0.25, -0.2) is 9.37 Å². The average Bonchev–Trinajstić information content (AvgIpc) is 2.78. The van der Waals surface area contributed by atoms with Gasteiger partial charge in [-0.15, -0.1) is 0 Å². The maximum atomic E-state index is 14.6. The molecule has 2 atom stereocenters. The predicted molar refractivity (Wildman–Crippen MR) is 129 cm³/mol. The van der Waals surface area contributed by atoms with Crippen LogP contribution in [0.15, 0.2) is 42.9 Å². The third-order valence-corrected chi connectivity index (χ3v) is 6.21. The zero-order valence-corrected chi connectivity index (χ0v) is 19.3. The number of nitrogen functional groups attached to an aromatic ring is 1. The van der Waals surface area contributed by atoms with E-state index in [0.717, 1.165) is 24.8 Å². The summed E-state index contributed by atoms with van der Waals surface area (Å²) in [5, 5.41) is 17.9. The molecule has 3 aromatic rings. The number of nitrogens with zero attached hydrogens (tertiary/aromatic N) is 4. The number of benzene rings is 1. The van der Waals surface area contributed by atoms with Gasteiger partial charge in [0.25, 0.3) is 0 Å². The maximum Gasteiger partial charge on any atom is 0.177 e. The predicted octanol–water partition coefficient (Wildman–Crippen LogP) is 4.45. The minimum atomic E-state index is -1.18. The number of hydrogen-bond donors (Lipinski definition) is 3. The number of nitriles is 1. The van der Waals surface area contributed by atoms with Gasteiger partial charge in [0.2, 0.25) is 0 Å². The molecule has 1 aliphatic rings. The Hall–Kier alpha value is -3.45. The first-order valence-corrected chi connectivity index (χ1v) is 11.0. The highest BCUT2D eigenvalue weighted by Crippen LogP contribution is 2.33. The van der Waals surface area contributed by atoms with Crippen molar-refractivity contribution in [2.75, 3.05) is 17.2 Å². The van der Waals surface area contributed by atoms with Crippen molar-refractivity contribution in [2.45, 2.75) is 25.1 Å². The van der Waals surface area contributed by atoms with E-state index in [-0.39, 0.29) is 44.4 Å². The molecule has 1 saturated heterocycles. The molecule has 34 heavy (non-hydrogen) atoms. The summed E-state index contributed by atoms with van der Waals surface area (Å²) in [7, 11) is 0. The van der Waals surface area contributed by atoms with Gasteiger partial charge in [0.1, 0.15) is 5.82 Å². The monoisotopic (exact) mass is 499 g/mol. The van der Waals surface area contributed by atoms with Gasteiger partial charge < -0.3 is 15.4 Å². The van der Waals surface area contributed by atoms with Crippen molar-refractivity contribution < 1.29 is 9.13 Å². The van der Waals surface area contributed by atoms with Crippen molar-refractivity contribution in [1.29, 1.82) is 10.7 Å². The van der Waals surface area contributed by atoms with E-state index in [9.17, 15) is 4.39 Å². The van der Waals surface area contributed by atoms with Crippen molar-refractivity contribution in [3.8, 4) is 11.8 Å². The van der Waals surface area contributed by atoms with Crippen molar-refractivity contribution in [3.05, 3.63) is 75.4 Å². The molecule has 11 heteroatoms. The molecule has 8 nitrogen and oxygen atoms in total. The van der Waals surface area contributed by atoms with Crippen LogP contribution in [0.4, 0.5) is 15.9 Å². The van der Waals surface area contributed by atoms with Gasteiger partial charge >= 0.3 is 0 Å². The topological polar surface area (TPSA) is 138 Å². The molecule has 1 aromatic carbocycles. The van der Waals surface area contributed by atoms with Gasteiger partial charge in [0.15, 0.2) is 17.8 Å². The van der Waals surface area contributed by atoms with Crippen LogP contribution in [0.25, 0.3) is 0 Å². The van der Waals surface area contributed by atoms with Crippen molar-refractivity contribution in [3.63, 3.8) is 0 Å². The average molecular weight is 500 g/mol. The summed E-state index contributed by atoms with van der Waals surface area (Å²) in [5.74, 6) is -0.230. The fourth-order valence-corrected chi connectivity index (χ4v) is 4.26. The number of halogens is 3. The number of hydrogen-bond acceptors (Lipinski definition) is 8. The lowest BCUT2D eigenvalue weighted by Crippen LogP contribution is -2.48. The van der Waals surface area contributed by atoms with E-state index in [0.29, 0.717) is 12.0 Å². The minimum absolute atomic E-state index is 0.0344. The normalized spacial score (nSPS) is 15.9. The molecule has 2 aromatic heterocycles. The molecular weight excluding hydrogens is 480 g/mol. The molecule has 1 fully saturated rings. The smallest absolute Gasteiger partial charge is 0.177 e. The largest absolute Gasteiger partial charge is 0.468 e. The maximum absolute atomic E-state index is 14.6. The SMILES string of the molecule is N#CC[C@H]1CCN1c1ccc(C(=N)c2cc(O[C@H](N)c3c(Cl)cncc3Cl)c(F)cc2N)cn1. The van der Waals surface area contributed by atoms with E-state index >= 15 is 0 Å². The number of pyridine rings is 2. The lowest BCUT2D eigenvalue weighted by molar-refractivity contribution is 0.204. The van der Waals surface area contributed by atoms with Crippen LogP contribution in [0.2, 0.25) is 10.0 Å². The second kappa shape index (κ2) is 9.81. The summed E-state index contributed by atoms with van der Waals surface area (Å²) in [6, 6.07) is 8.23. The molecule has 0 unspecified atom stereocenters. The van der Waals surface area contributed by atoms with Crippen LogP contribution in [0.1, 0.15) is 35.8 Å². The van der Waals surface area contributed by atoms with Crippen LogP contribution in [-0.4, -0.2) is 28.3 Å². The Morgan fingerprint density at radius 3 is 2.62 bits per heavy atom. The van der Waals surface area contributed by atoms with Crippen LogP contribution in [0.5, 0.6) is 5.75 Å². The lowest BCUT2D eigenvalue weighted by Gasteiger charge is -2.40. The van der Waals surface area contributed by atoms with Gasteiger partial charge in [0, 0.05) is 59.6 Å². The molecule has 0 saturated carbocycles. The van der Waals surface area contributed by atoms with E-state index in [1.165, 1.54) is 18.5 Å². The second-order valence-corrected chi connectivity index (χ2v) is 8.52. The van der Waals surface area contributed by atoms with Crippen LogP contribution in [-0.2, 0) is 0 Å². The molecule has 0 bridgehead atoms. The van der Waals surface area contributed by atoms with Gasteiger partial charge in [0.05, 0.1) is 28.2 Å². The summed E-state index contributed by atoms with van der Waals surface area (Å²) in [4.78, 5) is 10.3. The molecule has 0 radical (unpaired) electrons. The lowest BCUT2D eigenvalue weighted by atomic mass is 9.99. The number of nitrogens with two attached hydrogens (primary N) is 2. The van der Waals surface area contributed by atoms with Crippen LogP contribution < -0.4 is 21.1 Å². The molecule has 3 heterocycles. The van der Waals surface area contributed by atoms with Gasteiger partial charge in [-0.2, -0.15) is 5.26 Å². The molecule has 1 aliphatic heterocycles. The highest BCUT2D eigenvalue weighted by molar-refractivity contribution is 6.35. The highest BCUT2D eigenvalue weighted by Gasteiger charge is 2.28. The summed E-state index contributed by atoms with van der Waals surface area (Å²) in [6.07, 6.45) is 4.45. The highest BCUT2D eigenvalue weighted by atomic mass is 35.5. The van der Waals surface area contributed by atoms with Crippen LogP contribution >= 0.6 is 23.2 Å². The standard InChI is InChI=1S/C23H20Cl2FN7O/c24-15-10-31-11-16(25)21(15)23(30)34-19-7-14(18(28)8-17(19)26)22(29)12-1-2-20(32-9-12)33-6-4-13(33)3-5-27/h1-2,7-11,13,23,29H,3-4,6,28,30H2/t13-,23-/m0/s1. The first-order valence-electron chi connectivity index (χ1n) is 10.3. The third kappa shape index (κ3) is 4.61. The van der Waals surface area contributed by atoms with E-state index in [2.05, 4.69) is 16.0 Å². The van der Waals surface area contributed by atoms with Gasteiger partial charge in [-0.3, -0.25) is 16.1 Å². The number of rotatable bonds is 7. The zero-order chi connectivity index (χ0) is 24.4. The molecule has 0 spiro atoms. The first kappa shape index (κ1) is 23.7. The minimum Gasteiger partial charge on any atom is -0.468 e. The quantitative estimate of drug-likeness (QED) is 0.248. The van der Waals surface area contributed by atoms with E-state index < -0.39 is 12.0 Å². The first-order chi connectivity index (χ1) is 16.3. The molecule has 5 N–H and O–H groups in total. The summed E-state index contributed by atoms with van der Waals surface area (Å²) in [5.41, 5.74) is 13.1. The Bertz CT molecular complexity index is 1260. The Kier molecular flexibility index (Phi) is 6.84. The fraction of sp³-hybridized carbons (Fsp3) is 0.217. The zero-order valence-electron chi connectivity index (χ0n) is 17.8. The Balaban J connectivity index is 1.57. The van der Waals surface area contributed by atoms with Gasteiger partial charge in [-0.05, 0) is 24.6 Å². The van der Waals surface area contributed by atoms with E-state index in [1.807, 2.05) is 4.90 Å². The number of anilines is 2. The Morgan fingerprint density at radius 1 is 1.29 bits per heavy atom.